The van der Waals surface area contributed by atoms with Crippen LogP contribution in [0.4, 0.5) is 0 Å². The second kappa shape index (κ2) is 9.18. The molecule has 0 aliphatic carbocycles. The molecule has 0 atom stereocenters. The number of hydrogen-bond donors (Lipinski definition) is 2. The molecule has 100 valence electrons. The zero-order chi connectivity index (χ0) is 13.1. The van der Waals surface area contributed by atoms with Crippen molar-refractivity contribution in [3.8, 4) is 0 Å². The molecule has 0 unspecified atom stereocenters. The van der Waals surface area contributed by atoms with Gasteiger partial charge in [0.2, 0.25) is 6.33 Å². The average molecular weight is 263 g/mol. The predicted molar refractivity (Wildman–Crippen MR) is 67.2 cm³/mol. The zero-order valence-corrected chi connectivity index (χ0v) is 11.4. The largest absolute Gasteiger partial charge is 0.286 e. The molecule has 1 rings (SSSR count). The summed E-state index contributed by atoms with van der Waals surface area (Å²) in [5.41, 5.74) is 0. The second-order valence-corrected chi connectivity index (χ2v) is 5.41. The molecule has 1 heterocycles. The van der Waals surface area contributed by atoms with Crippen molar-refractivity contribution in [2.45, 2.75) is 46.1 Å². The maximum Gasteiger partial charge on any atom is 0.264 e. The van der Waals surface area contributed by atoms with Gasteiger partial charge < -0.3 is 0 Å². The summed E-state index contributed by atoms with van der Waals surface area (Å²) in [5, 5.41) is 0. The second-order valence-electron chi connectivity index (χ2n) is 3.84. The molecule has 5 nitrogen and oxygen atoms in total. The monoisotopic (exact) mass is 263 g/mol. The number of aromatic nitrogens is 2. The summed E-state index contributed by atoms with van der Waals surface area (Å²) in [7, 11) is -3.69. The molecule has 0 saturated carbocycles. The molecule has 1 aromatic heterocycles. The Morgan fingerprint density at radius 2 is 1.88 bits per heavy atom. The summed E-state index contributed by atoms with van der Waals surface area (Å²) < 4.78 is 30.2. The number of unbranched alkanes of at least 4 members (excludes halogenated alkanes) is 2. The topological polar surface area (TPSA) is 74.0 Å². The van der Waals surface area contributed by atoms with Gasteiger partial charge in [-0.3, -0.25) is 9.54 Å². The van der Waals surface area contributed by atoms with E-state index >= 15 is 0 Å². The summed E-state index contributed by atoms with van der Waals surface area (Å²) in [5.74, 6) is -0.108. The van der Waals surface area contributed by atoms with Gasteiger partial charge in [-0.1, -0.05) is 26.7 Å². The summed E-state index contributed by atoms with van der Waals surface area (Å²) in [4.78, 5) is 3.00. The van der Waals surface area contributed by atoms with Gasteiger partial charge in [0.25, 0.3) is 10.1 Å². The summed E-state index contributed by atoms with van der Waals surface area (Å²) in [6.45, 7) is 5.21. The summed E-state index contributed by atoms with van der Waals surface area (Å²) >= 11 is 0. The smallest absolute Gasteiger partial charge is 0.264 e. The van der Waals surface area contributed by atoms with E-state index in [9.17, 15) is 8.42 Å². The third-order valence-corrected chi connectivity index (χ3v) is 2.93. The highest BCUT2D eigenvalue weighted by Crippen LogP contribution is 1.90. The quantitative estimate of drug-likeness (QED) is 0.607. The van der Waals surface area contributed by atoms with E-state index in [2.05, 4.69) is 22.7 Å². The lowest BCUT2D eigenvalue weighted by molar-refractivity contribution is -0.696. The van der Waals surface area contributed by atoms with E-state index in [0.717, 1.165) is 13.0 Å². The Balaban J connectivity index is 0.000000304. The van der Waals surface area contributed by atoms with Crippen molar-refractivity contribution >= 4 is 10.1 Å². The van der Waals surface area contributed by atoms with Gasteiger partial charge in [-0.05, 0) is 12.8 Å². The highest BCUT2D eigenvalue weighted by atomic mass is 32.2. The summed E-state index contributed by atoms with van der Waals surface area (Å²) in [6.07, 6.45) is 9.83. The number of imidazole rings is 1. The summed E-state index contributed by atoms with van der Waals surface area (Å²) in [6, 6.07) is 0. The first-order valence-electron chi connectivity index (χ1n) is 5.96. The van der Waals surface area contributed by atoms with Crippen molar-refractivity contribution in [3.63, 3.8) is 0 Å². The van der Waals surface area contributed by atoms with Crippen LogP contribution in [0.1, 0.15) is 39.5 Å². The van der Waals surface area contributed by atoms with Gasteiger partial charge in [0.05, 0.1) is 12.3 Å². The van der Waals surface area contributed by atoms with Crippen molar-refractivity contribution in [2.24, 2.45) is 0 Å². The van der Waals surface area contributed by atoms with Crippen LogP contribution in [0, 0.1) is 0 Å². The van der Waals surface area contributed by atoms with Crippen molar-refractivity contribution in [3.05, 3.63) is 18.7 Å². The van der Waals surface area contributed by atoms with Crippen LogP contribution in [0.3, 0.4) is 0 Å². The Morgan fingerprint density at radius 1 is 1.24 bits per heavy atom. The molecule has 0 bridgehead atoms. The number of aromatic amines is 1. The van der Waals surface area contributed by atoms with Gasteiger partial charge in [0, 0.05) is 0 Å². The number of nitrogens with one attached hydrogen (secondary N) is 1. The first-order chi connectivity index (χ1) is 7.99. The SMILES string of the molecule is CCCCS(=O)(=O)O.CCCC[n+]1cc[nH]c1. The molecule has 0 radical (unpaired) electrons. The van der Waals surface area contributed by atoms with E-state index in [-0.39, 0.29) is 5.75 Å². The fourth-order valence-corrected chi connectivity index (χ4v) is 1.78. The van der Waals surface area contributed by atoms with Crippen molar-refractivity contribution < 1.29 is 17.5 Å². The first-order valence-corrected chi connectivity index (χ1v) is 7.57. The van der Waals surface area contributed by atoms with Crippen LogP contribution < -0.4 is 4.57 Å². The Labute approximate surface area is 104 Å². The van der Waals surface area contributed by atoms with E-state index in [0.29, 0.717) is 6.42 Å². The lowest BCUT2D eigenvalue weighted by Gasteiger charge is -1.90. The predicted octanol–water partition coefficient (Wildman–Crippen LogP) is 1.78. The van der Waals surface area contributed by atoms with Gasteiger partial charge in [0.15, 0.2) is 0 Å². The van der Waals surface area contributed by atoms with Crippen molar-refractivity contribution in [1.82, 2.24) is 4.98 Å². The van der Waals surface area contributed by atoms with Gasteiger partial charge in [-0.25, -0.2) is 4.57 Å². The van der Waals surface area contributed by atoms with E-state index in [1.165, 1.54) is 12.8 Å². The third-order valence-electron chi connectivity index (χ3n) is 2.13. The minimum Gasteiger partial charge on any atom is -0.286 e. The van der Waals surface area contributed by atoms with Crippen LogP contribution in [-0.2, 0) is 16.7 Å². The van der Waals surface area contributed by atoms with Gasteiger partial charge in [0.1, 0.15) is 12.4 Å². The normalized spacial score (nSPS) is 10.8. The van der Waals surface area contributed by atoms with Crippen LogP contribution in [-0.4, -0.2) is 23.7 Å². The van der Waals surface area contributed by atoms with Gasteiger partial charge in [-0.2, -0.15) is 8.42 Å². The lowest BCUT2D eigenvalue weighted by atomic mass is 10.3. The average Bonchev–Trinajstić information content (AvgIpc) is 2.76. The van der Waals surface area contributed by atoms with Gasteiger partial charge in [-0.15, -0.1) is 0 Å². The minimum absolute atomic E-state index is 0.108. The number of aryl methyl sites for hydroxylation is 1. The van der Waals surface area contributed by atoms with Crippen LogP contribution in [0.2, 0.25) is 0 Å². The van der Waals surface area contributed by atoms with E-state index in [1.54, 1.807) is 0 Å². The molecule has 0 saturated heterocycles. The number of H-pyrrole nitrogens is 1. The minimum atomic E-state index is -3.69. The maximum atomic E-state index is 9.95. The molecule has 17 heavy (non-hydrogen) atoms. The Morgan fingerprint density at radius 3 is 2.24 bits per heavy atom. The molecule has 0 amide bonds. The molecule has 1 aromatic rings. The lowest BCUT2D eigenvalue weighted by Crippen LogP contribution is -2.29. The highest BCUT2D eigenvalue weighted by molar-refractivity contribution is 7.85. The molecule has 0 aliphatic rings. The third kappa shape index (κ3) is 11.4. The molecule has 0 spiro atoms. The van der Waals surface area contributed by atoms with Crippen molar-refractivity contribution in [2.75, 3.05) is 5.75 Å². The molecule has 2 N–H and O–H groups in total. The molecular formula is C11H23N2O3S+. The Bertz CT molecular complexity index is 360. The fourth-order valence-electron chi connectivity index (χ4n) is 1.13. The number of nitrogens with zero attached hydrogens (tertiary/aromatic N) is 1. The molecule has 0 aromatic carbocycles. The van der Waals surface area contributed by atoms with Crippen LogP contribution in [0.15, 0.2) is 18.7 Å². The Hall–Kier alpha value is -0.880. The van der Waals surface area contributed by atoms with Crippen LogP contribution in [0.25, 0.3) is 0 Å². The Kier molecular flexibility index (Phi) is 8.71. The fraction of sp³-hybridized carbons (Fsp3) is 0.727. The van der Waals surface area contributed by atoms with Gasteiger partial charge >= 0.3 is 0 Å². The zero-order valence-electron chi connectivity index (χ0n) is 10.6. The number of rotatable bonds is 6. The standard InChI is InChI=1S/C7H12N2.C4H10O3S/c1-2-3-5-9-6-4-8-7-9;1-2-3-4-8(5,6)7/h4,6-7H,2-3,5H2,1H3;2-4H2,1H3,(H,5,6,7)/p+1. The van der Waals surface area contributed by atoms with Crippen LogP contribution in [0.5, 0.6) is 0 Å². The van der Waals surface area contributed by atoms with E-state index in [4.69, 9.17) is 4.55 Å². The van der Waals surface area contributed by atoms with Crippen LogP contribution >= 0.6 is 0 Å². The highest BCUT2D eigenvalue weighted by Gasteiger charge is 2.00. The molecular weight excluding hydrogens is 240 g/mol. The van der Waals surface area contributed by atoms with E-state index in [1.807, 2.05) is 19.4 Å². The first kappa shape index (κ1) is 16.1. The van der Waals surface area contributed by atoms with Crippen molar-refractivity contribution in [1.29, 1.82) is 0 Å². The van der Waals surface area contributed by atoms with E-state index < -0.39 is 10.1 Å². The molecule has 0 aliphatic heterocycles. The molecule has 6 heteroatoms. The number of hydrogen-bond acceptors (Lipinski definition) is 2. The maximum absolute atomic E-state index is 9.95. The molecule has 0 fully saturated rings.